The molecule has 1 aliphatic rings. The van der Waals surface area contributed by atoms with E-state index in [2.05, 4.69) is 15.1 Å². The molecular formula is C16H20FN3O3. The summed E-state index contributed by atoms with van der Waals surface area (Å²) in [6.45, 7) is 1.95. The zero-order valence-electron chi connectivity index (χ0n) is 12.7. The van der Waals surface area contributed by atoms with Gasteiger partial charge >= 0.3 is 0 Å². The third-order valence-corrected chi connectivity index (χ3v) is 4.26. The second-order valence-electron chi connectivity index (χ2n) is 5.87. The van der Waals surface area contributed by atoms with Crippen LogP contribution in [0, 0.1) is 11.7 Å². The lowest BCUT2D eigenvalue weighted by Crippen LogP contribution is -2.38. The lowest BCUT2D eigenvalue weighted by molar-refractivity contribution is 0.0160. The Morgan fingerprint density at radius 2 is 2.09 bits per heavy atom. The summed E-state index contributed by atoms with van der Waals surface area (Å²) in [4.78, 5) is 2.17. The van der Waals surface area contributed by atoms with E-state index in [4.69, 9.17) is 9.52 Å². The molecule has 2 aromatic rings. The summed E-state index contributed by atoms with van der Waals surface area (Å²) < 4.78 is 18.8. The fraction of sp³-hybridized carbons (Fsp3) is 0.500. The molecule has 1 aliphatic heterocycles. The molecule has 6 nitrogen and oxygen atoms in total. The highest BCUT2D eigenvalue weighted by atomic mass is 19.1. The number of likely N-dealkylation sites (tertiary alicyclic amines) is 1. The van der Waals surface area contributed by atoms with Crippen LogP contribution in [0.3, 0.4) is 0 Å². The van der Waals surface area contributed by atoms with Crippen LogP contribution >= 0.6 is 0 Å². The Balaban J connectivity index is 1.58. The topological polar surface area (TPSA) is 82.6 Å². The summed E-state index contributed by atoms with van der Waals surface area (Å²) >= 11 is 0. The van der Waals surface area contributed by atoms with Crippen molar-refractivity contribution in [3.8, 4) is 11.5 Å². The van der Waals surface area contributed by atoms with Crippen LogP contribution in [0.1, 0.15) is 18.7 Å². The van der Waals surface area contributed by atoms with Gasteiger partial charge in [0.05, 0.1) is 19.3 Å². The number of hydrogen-bond donors (Lipinski definition) is 2. The van der Waals surface area contributed by atoms with E-state index < -0.39 is 6.10 Å². The molecule has 0 spiro atoms. The van der Waals surface area contributed by atoms with Crippen LogP contribution in [-0.2, 0) is 6.54 Å². The second kappa shape index (κ2) is 7.16. The Labute approximate surface area is 133 Å². The molecule has 0 saturated carbocycles. The standard InChI is InChI=1S/C16H20FN3O3/c17-13-3-1-2-12(8-13)16-19-18-15(23-16)9-20-6-4-11(5-7-20)14(22)10-21/h1-3,8,11,14,21-22H,4-7,9-10H2. The molecular weight excluding hydrogens is 301 g/mol. The van der Waals surface area contributed by atoms with E-state index in [1.165, 1.54) is 12.1 Å². The molecule has 1 unspecified atom stereocenters. The van der Waals surface area contributed by atoms with Gasteiger partial charge in [0.15, 0.2) is 0 Å². The molecule has 0 aliphatic carbocycles. The van der Waals surface area contributed by atoms with E-state index in [1.54, 1.807) is 12.1 Å². The number of benzene rings is 1. The van der Waals surface area contributed by atoms with E-state index in [0.717, 1.165) is 25.9 Å². The van der Waals surface area contributed by atoms with Gasteiger partial charge < -0.3 is 14.6 Å². The first-order valence-corrected chi connectivity index (χ1v) is 7.75. The van der Waals surface area contributed by atoms with Crippen molar-refractivity contribution in [2.75, 3.05) is 19.7 Å². The van der Waals surface area contributed by atoms with Crippen molar-refractivity contribution in [3.05, 3.63) is 36.0 Å². The average Bonchev–Trinajstić information content (AvgIpc) is 3.03. The first-order chi connectivity index (χ1) is 11.2. The molecule has 1 aromatic carbocycles. The Hall–Kier alpha value is -1.83. The van der Waals surface area contributed by atoms with Crippen molar-refractivity contribution in [1.82, 2.24) is 15.1 Å². The monoisotopic (exact) mass is 321 g/mol. The maximum Gasteiger partial charge on any atom is 0.247 e. The Kier molecular flexibility index (Phi) is 5.00. The fourth-order valence-electron chi connectivity index (χ4n) is 2.89. The molecule has 124 valence electrons. The zero-order chi connectivity index (χ0) is 16.2. The van der Waals surface area contributed by atoms with Gasteiger partial charge in [0.2, 0.25) is 11.8 Å². The van der Waals surface area contributed by atoms with Crippen LogP contribution < -0.4 is 0 Å². The summed E-state index contributed by atoms with van der Waals surface area (Å²) in [5.41, 5.74) is 0.563. The third-order valence-electron chi connectivity index (χ3n) is 4.26. The van der Waals surface area contributed by atoms with Gasteiger partial charge in [0.25, 0.3) is 0 Å². The second-order valence-corrected chi connectivity index (χ2v) is 5.87. The molecule has 0 bridgehead atoms. The lowest BCUT2D eigenvalue weighted by Gasteiger charge is -2.32. The molecule has 23 heavy (non-hydrogen) atoms. The largest absolute Gasteiger partial charge is 0.419 e. The molecule has 2 N–H and O–H groups in total. The van der Waals surface area contributed by atoms with Gasteiger partial charge in [-0.15, -0.1) is 10.2 Å². The van der Waals surface area contributed by atoms with Crippen LogP contribution in [0.2, 0.25) is 0 Å². The van der Waals surface area contributed by atoms with E-state index in [1.807, 2.05) is 0 Å². The first-order valence-electron chi connectivity index (χ1n) is 7.75. The number of rotatable bonds is 5. The zero-order valence-corrected chi connectivity index (χ0v) is 12.7. The number of aliphatic hydroxyl groups is 2. The highest BCUT2D eigenvalue weighted by Gasteiger charge is 2.25. The van der Waals surface area contributed by atoms with Crippen LogP contribution in [0.15, 0.2) is 28.7 Å². The summed E-state index contributed by atoms with van der Waals surface area (Å²) in [6.07, 6.45) is 1.01. The van der Waals surface area contributed by atoms with Crippen molar-refractivity contribution in [2.24, 2.45) is 5.92 Å². The van der Waals surface area contributed by atoms with Crippen molar-refractivity contribution >= 4 is 0 Å². The fourth-order valence-corrected chi connectivity index (χ4v) is 2.89. The van der Waals surface area contributed by atoms with Crippen LogP contribution in [0.5, 0.6) is 0 Å². The Bertz CT molecular complexity index is 641. The average molecular weight is 321 g/mol. The third kappa shape index (κ3) is 3.93. The molecule has 0 amide bonds. The van der Waals surface area contributed by atoms with Gasteiger partial charge in [-0.2, -0.15) is 0 Å². The summed E-state index contributed by atoms with van der Waals surface area (Å²) in [7, 11) is 0. The van der Waals surface area contributed by atoms with Crippen LogP contribution in [0.4, 0.5) is 4.39 Å². The minimum absolute atomic E-state index is 0.141. The van der Waals surface area contributed by atoms with Gasteiger partial charge in [-0.05, 0) is 50.0 Å². The predicted octanol–water partition coefficient (Wildman–Crippen LogP) is 1.44. The number of aromatic nitrogens is 2. The van der Waals surface area contributed by atoms with E-state index in [-0.39, 0.29) is 18.3 Å². The van der Waals surface area contributed by atoms with Crippen molar-refractivity contribution in [3.63, 3.8) is 0 Å². The normalized spacial score (nSPS) is 18.2. The van der Waals surface area contributed by atoms with Crippen molar-refractivity contribution < 1.29 is 19.0 Å². The van der Waals surface area contributed by atoms with Crippen molar-refractivity contribution in [2.45, 2.75) is 25.5 Å². The molecule has 1 saturated heterocycles. The van der Waals surface area contributed by atoms with E-state index in [0.29, 0.717) is 23.9 Å². The quantitative estimate of drug-likeness (QED) is 0.867. The summed E-state index contributed by atoms with van der Waals surface area (Å²) in [5.74, 6) is 0.601. The minimum Gasteiger partial charge on any atom is -0.419 e. The predicted molar refractivity (Wildman–Crippen MR) is 80.8 cm³/mol. The summed E-state index contributed by atoms with van der Waals surface area (Å²) in [5, 5.41) is 26.6. The maximum absolute atomic E-state index is 13.2. The SMILES string of the molecule is OCC(O)C1CCN(Cc2nnc(-c3cccc(F)c3)o2)CC1. The first kappa shape index (κ1) is 16.0. The molecule has 7 heteroatoms. The van der Waals surface area contributed by atoms with E-state index >= 15 is 0 Å². The van der Waals surface area contributed by atoms with Gasteiger partial charge in [0.1, 0.15) is 5.82 Å². The Morgan fingerprint density at radius 1 is 1.30 bits per heavy atom. The summed E-state index contributed by atoms with van der Waals surface area (Å²) in [6, 6.07) is 6.05. The smallest absolute Gasteiger partial charge is 0.247 e. The van der Waals surface area contributed by atoms with E-state index in [9.17, 15) is 9.50 Å². The molecule has 1 fully saturated rings. The van der Waals surface area contributed by atoms with Crippen LogP contribution in [0.25, 0.3) is 11.5 Å². The molecule has 2 heterocycles. The molecule has 1 atom stereocenters. The molecule has 1 aromatic heterocycles. The number of halogens is 1. The lowest BCUT2D eigenvalue weighted by atomic mass is 9.91. The van der Waals surface area contributed by atoms with Gasteiger partial charge in [0, 0.05) is 5.56 Å². The highest BCUT2D eigenvalue weighted by Crippen LogP contribution is 2.23. The number of hydrogen-bond acceptors (Lipinski definition) is 6. The van der Waals surface area contributed by atoms with Crippen LogP contribution in [-0.4, -0.2) is 51.1 Å². The van der Waals surface area contributed by atoms with Crippen molar-refractivity contribution in [1.29, 1.82) is 0 Å². The maximum atomic E-state index is 13.2. The number of aliphatic hydroxyl groups excluding tert-OH is 2. The molecule has 0 radical (unpaired) electrons. The number of piperidine rings is 1. The van der Waals surface area contributed by atoms with Gasteiger partial charge in [-0.1, -0.05) is 6.07 Å². The molecule has 3 rings (SSSR count). The van der Waals surface area contributed by atoms with Gasteiger partial charge in [-0.25, -0.2) is 4.39 Å². The Morgan fingerprint density at radius 3 is 2.78 bits per heavy atom. The highest BCUT2D eigenvalue weighted by molar-refractivity contribution is 5.52. The number of nitrogens with zero attached hydrogens (tertiary/aromatic N) is 3. The minimum atomic E-state index is -0.639. The van der Waals surface area contributed by atoms with Gasteiger partial charge in [-0.3, -0.25) is 4.90 Å².